The van der Waals surface area contributed by atoms with Crippen molar-refractivity contribution in [2.45, 2.75) is 19.0 Å². The molecule has 0 spiro atoms. The number of anilines is 2. The number of aromatic amines is 1. The lowest BCUT2D eigenvalue weighted by Crippen LogP contribution is -2.40. The Bertz CT molecular complexity index is 1070. The van der Waals surface area contributed by atoms with Crippen molar-refractivity contribution in [3.05, 3.63) is 70.9 Å². The topological polar surface area (TPSA) is 96.3 Å². The van der Waals surface area contributed by atoms with E-state index in [1.165, 1.54) is 36.3 Å². The molecule has 1 unspecified atom stereocenters. The fourth-order valence-electron chi connectivity index (χ4n) is 3.58. The van der Waals surface area contributed by atoms with Crippen molar-refractivity contribution >= 4 is 17.5 Å². The Morgan fingerprint density at radius 2 is 2.14 bits per heavy atom. The summed E-state index contributed by atoms with van der Waals surface area (Å²) in [7, 11) is 1.44. The molecule has 9 heteroatoms. The van der Waals surface area contributed by atoms with Crippen molar-refractivity contribution in [1.82, 2.24) is 15.5 Å². The lowest BCUT2D eigenvalue weighted by Gasteiger charge is -2.25. The molecule has 0 bridgehead atoms. The number of fused-ring (bicyclic) bond motifs is 1. The number of nitrogens with two attached hydrogens (primary N) is 1. The van der Waals surface area contributed by atoms with E-state index in [1.807, 2.05) is 0 Å². The molecule has 2 heterocycles. The molecule has 4 N–H and O–H groups in total. The number of aromatic nitrogens is 2. The third kappa shape index (κ3) is 3.58. The predicted molar refractivity (Wildman–Crippen MR) is 104 cm³/mol. The van der Waals surface area contributed by atoms with Gasteiger partial charge < -0.3 is 15.8 Å². The summed E-state index contributed by atoms with van der Waals surface area (Å²) in [5.41, 5.74) is 8.42. The van der Waals surface area contributed by atoms with Gasteiger partial charge in [-0.1, -0.05) is 6.07 Å². The first-order valence-corrected chi connectivity index (χ1v) is 8.94. The minimum absolute atomic E-state index is 0.0711. The Hall–Kier alpha value is -3.62. The highest BCUT2D eigenvalue weighted by Gasteiger charge is 2.36. The number of rotatable bonds is 4. The Morgan fingerprint density at radius 1 is 1.31 bits per heavy atom. The van der Waals surface area contributed by atoms with Crippen LogP contribution in [0.2, 0.25) is 0 Å². The third-order valence-corrected chi connectivity index (χ3v) is 4.92. The minimum Gasteiger partial charge on any atom is -0.497 e. The quantitative estimate of drug-likeness (QED) is 0.627. The Morgan fingerprint density at radius 3 is 2.86 bits per heavy atom. The van der Waals surface area contributed by atoms with Crippen LogP contribution in [-0.4, -0.2) is 23.3 Å². The Balaban J connectivity index is 1.61. The van der Waals surface area contributed by atoms with Crippen LogP contribution in [-0.2, 0) is 13.0 Å². The standard InChI is InChI=1S/C20H19F2N5O2/c1-29-15-5-11(4-14(22)7-15)9-24-20(28)27-17-8-13(21)3-2-12(17)6-18(27)16-10-25-26-19(16)23/h2-5,7-8,10,18H,6,9H2,1H3,(H,24,28)(H3,23,25,26). The number of nitrogens with zero attached hydrogens (tertiary/aromatic N) is 2. The number of carbonyl (C=O) groups excluding carboxylic acids is 1. The van der Waals surface area contributed by atoms with Gasteiger partial charge in [0.15, 0.2) is 0 Å². The summed E-state index contributed by atoms with van der Waals surface area (Å²) < 4.78 is 32.6. The van der Waals surface area contributed by atoms with Crippen molar-refractivity contribution in [2.24, 2.45) is 0 Å². The molecular weight excluding hydrogens is 380 g/mol. The van der Waals surface area contributed by atoms with Crippen molar-refractivity contribution in [1.29, 1.82) is 0 Å². The second kappa shape index (κ2) is 7.42. The van der Waals surface area contributed by atoms with E-state index >= 15 is 0 Å². The zero-order valence-corrected chi connectivity index (χ0v) is 15.6. The number of hydrogen-bond acceptors (Lipinski definition) is 4. The summed E-state index contributed by atoms with van der Waals surface area (Å²) in [5.74, 6) is -0.216. The molecule has 4 rings (SSSR count). The highest BCUT2D eigenvalue weighted by Crippen LogP contribution is 2.41. The van der Waals surface area contributed by atoms with Crippen LogP contribution in [0.3, 0.4) is 0 Å². The molecule has 1 atom stereocenters. The van der Waals surface area contributed by atoms with Gasteiger partial charge in [0, 0.05) is 18.2 Å². The molecule has 1 aliphatic rings. The van der Waals surface area contributed by atoms with Crippen LogP contribution in [0, 0.1) is 11.6 Å². The van der Waals surface area contributed by atoms with Crippen molar-refractivity contribution < 1.29 is 18.3 Å². The SMILES string of the molecule is COc1cc(F)cc(CNC(=O)N2c3cc(F)ccc3CC2c2cn[nH]c2N)c1. The number of nitrogen functional groups attached to an aromatic ring is 1. The molecule has 0 saturated heterocycles. The summed E-state index contributed by atoms with van der Waals surface area (Å²) in [5, 5.41) is 9.35. The number of carbonyl (C=O) groups is 1. The highest BCUT2D eigenvalue weighted by atomic mass is 19.1. The fourth-order valence-corrected chi connectivity index (χ4v) is 3.58. The first kappa shape index (κ1) is 18.7. The second-order valence-corrected chi connectivity index (χ2v) is 6.76. The zero-order chi connectivity index (χ0) is 20.5. The van der Waals surface area contributed by atoms with Gasteiger partial charge in [-0.2, -0.15) is 5.10 Å². The van der Waals surface area contributed by atoms with Gasteiger partial charge in [0.1, 0.15) is 23.2 Å². The highest BCUT2D eigenvalue weighted by molar-refractivity contribution is 5.95. The number of ether oxygens (including phenoxy) is 1. The van der Waals surface area contributed by atoms with E-state index in [-0.39, 0.29) is 6.54 Å². The maximum Gasteiger partial charge on any atom is 0.322 e. The maximum atomic E-state index is 13.9. The molecule has 0 saturated carbocycles. The number of halogens is 2. The first-order valence-electron chi connectivity index (χ1n) is 8.94. The predicted octanol–water partition coefficient (Wildman–Crippen LogP) is 3.29. The molecule has 2 aromatic carbocycles. The van der Waals surface area contributed by atoms with E-state index < -0.39 is 23.7 Å². The van der Waals surface area contributed by atoms with E-state index in [2.05, 4.69) is 15.5 Å². The van der Waals surface area contributed by atoms with Gasteiger partial charge in [-0.3, -0.25) is 10.00 Å². The first-order chi connectivity index (χ1) is 14.0. The molecule has 2 amide bonds. The molecule has 1 aromatic heterocycles. The monoisotopic (exact) mass is 399 g/mol. The number of nitrogens with one attached hydrogen (secondary N) is 2. The maximum absolute atomic E-state index is 13.9. The summed E-state index contributed by atoms with van der Waals surface area (Å²) in [6, 6.07) is 7.63. The minimum atomic E-state index is -0.466. The molecule has 1 aliphatic heterocycles. The van der Waals surface area contributed by atoms with E-state index in [0.29, 0.717) is 34.8 Å². The molecule has 29 heavy (non-hydrogen) atoms. The largest absolute Gasteiger partial charge is 0.497 e. The molecule has 0 radical (unpaired) electrons. The molecule has 150 valence electrons. The van der Waals surface area contributed by atoms with Gasteiger partial charge in [-0.05, 0) is 41.8 Å². The van der Waals surface area contributed by atoms with Crippen LogP contribution in [0.4, 0.5) is 25.1 Å². The summed E-state index contributed by atoms with van der Waals surface area (Å²) in [4.78, 5) is 14.5. The summed E-state index contributed by atoms with van der Waals surface area (Å²) in [6.45, 7) is 0.0711. The van der Waals surface area contributed by atoms with Gasteiger partial charge in [0.25, 0.3) is 0 Å². The van der Waals surface area contributed by atoms with Gasteiger partial charge in [-0.25, -0.2) is 13.6 Å². The van der Waals surface area contributed by atoms with Crippen LogP contribution in [0.15, 0.2) is 42.6 Å². The van der Waals surface area contributed by atoms with Gasteiger partial charge in [0.2, 0.25) is 0 Å². The smallest absolute Gasteiger partial charge is 0.322 e. The molecule has 7 nitrogen and oxygen atoms in total. The number of H-pyrrole nitrogens is 1. The van der Waals surface area contributed by atoms with Crippen LogP contribution < -0.4 is 20.7 Å². The Labute approximate surface area is 165 Å². The molecular formula is C20H19F2N5O2. The van der Waals surface area contributed by atoms with E-state index in [1.54, 1.807) is 18.3 Å². The van der Waals surface area contributed by atoms with Crippen LogP contribution in [0.25, 0.3) is 0 Å². The summed E-state index contributed by atoms with van der Waals surface area (Å²) in [6.07, 6.45) is 2.03. The van der Waals surface area contributed by atoms with Crippen LogP contribution in [0.5, 0.6) is 5.75 Å². The number of amides is 2. The number of benzene rings is 2. The van der Waals surface area contributed by atoms with Gasteiger partial charge >= 0.3 is 6.03 Å². The lowest BCUT2D eigenvalue weighted by atomic mass is 10.1. The Kier molecular flexibility index (Phi) is 4.79. The normalized spacial score (nSPS) is 15.3. The fraction of sp³-hybridized carbons (Fsp3) is 0.200. The van der Waals surface area contributed by atoms with Crippen molar-refractivity contribution in [3.8, 4) is 5.75 Å². The molecule has 0 aliphatic carbocycles. The number of urea groups is 1. The van der Waals surface area contributed by atoms with E-state index in [4.69, 9.17) is 10.5 Å². The van der Waals surface area contributed by atoms with Gasteiger partial charge in [0.05, 0.1) is 25.0 Å². The molecule has 0 fully saturated rings. The average molecular weight is 399 g/mol. The lowest BCUT2D eigenvalue weighted by molar-refractivity contribution is 0.244. The van der Waals surface area contributed by atoms with E-state index in [9.17, 15) is 13.6 Å². The van der Waals surface area contributed by atoms with Gasteiger partial charge in [-0.15, -0.1) is 0 Å². The summed E-state index contributed by atoms with van der Waals surface area (Å²) >= 11 is 0. The molecule has 3 aromatic rings. The zero-order valence-electron chi connectivity index (χ0n) is 15.6. The third-order valence-electron chi connectivity index (χ3n) is 4.92. The second-order valence-electron chi connectivity index (χ2n) is 6.76. The van der Waals surface area contributed by atoms with Crippen LogP contribution in [0.1, 0.15) is 22.7 Å². The number of methoxy groups -OCH3 is 1. The average Bonchev–Trinajstić information content (AvgIpc) is 3.28. The van der Waals surface area contributed by atoms with Crippen LogP contribution >= 0.6 is 0 Å². The van der Waals surface area contributed by atoms with E-state index in [0.717, 1.165) is 5.56 Å². The number of hydrogen-bond donors (Lipinski definition) is 3. The van der Waals surface area contributed by atoms with Crippen molar-refractivity contribution in [3.63, 3.8) is 0 Å². The van der Waals surface area contributed by atoms with Crippen molar-refractivity contribution in [2.75, 3.05) is 17.7 Å².